The van der Waals surface area contributed by atoms with E-state index in [2.05, 4.69) is 20.6 Å². The molecule has 7 heteroatoms. The summed E-state index contributed by atoms with van der Waals surface area (Å²) < 4.78 is 5.86. The van der Waals surface area contributed by atoms with Crippen molar-refractivity contribution >= 4 is 11.9 Å². The Balaban J connectivity index is 1.38. The minimum Gasteiger partial charge on any atom is -0.390 e. The summed E-state index contributed by atoms with van der Waals surface area (Å²) >= 11 is 0. The van der Waals surface area contributed by atoms with Crippen molar-refractivity contribution < 1.29 is 14.6 Å². The molecule has 3 N–H and O–H groups in total. The van der Waals surface area contributed by atoms with E-state index >= 15 is 0 Å². The van der Waals surface area contributed by atoms with Crippen molar-refractivity contribution in [3.8, 4) is 0 Å². The van der Waals surface area contributed by atoms with Crippen LogP contribution < -0.4 is 10.6 Å². The second-order valence-electron chi connectivity index (χ2n) is 9.99. The predicted octanol–water partition coefficient (Wildman–Crippen LogP) is 2.82. The normalized spacial score (nSPS) is 37.9. The summed E-state index contributed by atoms with van der Waals surface area (Å²) in [5.41, 5.74) is 0.729. The molecule has 4 saturated carbocycles. The lowest BCUT2D eigenvalue weighted by Gasteiger charge is -2.58. The summed E-state index contributed by atoms with van der Waals surface area (Å²) in [4.78, 5) is 22.4. The fourth-order valence-electron chi connectivity index (χ4n) is 6.38. The molecule has 5 aliphatic rings. The highest BCUT2D eigenvalue weighted by atomic mass is 16.5. The topological polar surface area (TPSA) is 96.4 Å². The minimum atomic E-state index is -0.492. The molecular weight excluding hydrogens is 368 g/mol. The number of amides is 1. The second-order valence-corrected chi connectivity index (χ2v) is 9.99. The minimum absolute atomic E-state index is 0.101. The SMILES string of the molecule is CC(C)Nc1ncc(C(=O)NC2C3CC4CC2CC(O)(C4)C3)c(C2CCCO2)n1. The molecule has 1 amide bonds. The number of aromatic nitrogens is 2. The average molecular weight is 401 g/mol. The fourth-order valence-corrected chi connectivity index (χ4v) is 6.38. The number of carbonyl (C=O) groups excluding carboxylic acids is 1. The second kappa shape index (κ2) is 7.20. The third-order valence-corrected chi connectivity index (χ3v) is 7.25. The molecule has 2 heterocycles. The lowest BCUT2D eigenvalue weighted by atomic mass is 9.52. The molecule has 158 valence electrons. The first kappa shape index (κ1) is 19.2. The Morgan fingerprint density at radius 1 is 1.28 bits per heavy atom. The van der Waals surface area contributed by atoms with Crippen molar-refractivity contribution in [2.75, 3.05) is 11.9 Å². The van der Waals surface area contributed by atoms with E-state index in [1.165, 1.54) is 0 Å². The number of nitrogens with one attached hydrogen (secondary N) is 2. The molecule has 6 rings (SSSR count). The van der Waals surface area contributed by atoms with Crippen LogP contribution in [0.5, 0.6) is 0 Å². The zero-order valence-electron chi connectivity index (χ0n) is 17.4. The van der Waals surface area contributed by atoms with E-state index in [4.69, 9.17) is 4.74 Å². The van der Waals surface area contributed by atoms with E-state index in [1.54, 1.807) is 6.20 Å². The number of hydrogen-bond donors (Lipinski definition) is 3. The Morgan fingerprint density at radius 3 is 2.66 bits per heavy atom. The average Bonchev–Trinajstić information content (AvgIpc) is 3.17. The van der Waals surface area contributed by atoms with Crippen molar-refractivity contribution in [3.05, 3.63) is 17.5 Å². The number of carbonyl (C=O) groups is 1. The molecule has 1 aromatic rings. The summed E-state index contributed by atoms with van der Waals surface area (Å²) in [5.74, 6) is 1.82. The largest absolute Gasteiger partial charge is 0.390 e. The third-order valence-electron chi connectivity index (χ3n) is 7.25. The van der Waals surface area contributed by atoms with E-state index in [-0.39, 0.29) is 24.1 Å². The molecule has 1 saturated heterocycles. The van der Waals surface area contributed by atoms with Gasteiger partial charge in [0.2, 0.25) is 5.95 Å². The molecular formula is C22H32N4O3. The predicted molar refractivity (Wildman–Crippen MR) is 108 cm³/mol. The van der Waals surface area contributed by atoms with Gasteiger partial charge in [0.05, 0.1) is 16.9 Å². The van der Waals surface area contributed by atoms with Gasteiger partial charge >= 0.3 is 0 Å². The first-order valence-electron chi connectivity index (χ1n) is 11.2. The van der Waals surface area contributed by atoms with Crippen LogP contribution >= 0.6 is 0 Å². The van der Waals surface area contributed by atoms with E-state index < -0.39 is 5.60 Å². The van der Waals surface area contributed by atoms with Gasteiger partial charge in [0, 0.05) is 24.9 Å². The van der Waals surface area contributed by atoms with Crippen LogP contribution in [0.15, 0.2) is 6.20 Å². The van der Waals surface area contributed by atoms with Gasteiger partial charge in [0.15, 0.2) is 0 Å². The standard InChI is InChI=1S/C22H32N4O3/c1-12(2)24-21-23-11-16(19(26-21)17-4-3-5-29-17)20(27)25-18-14-6-13-7-15(18)10-22(28,8-13)9-14/h11-15,17-18,28H,3-10H2,1-2H3,(H,25,27)(H,23,24,26). The van der Waals surface area contributed by atoms with Crippen LogP contribution in [0.2, 0.25) is 0 Å². The number of ether oxygens (including phenoxy) is 1. The number of hydrogen-bond acceptors (Lipinski definition) is 6. The van der Waals surface area contributed by atoms with Gasteiger partial charge in [-0.1, -0.05) is 0 Å². The molecule has 0 aromatic carbocycles. The van der Waals surface area contributed by atoms with Gasteiger partial charge in [0.1, 0.15) is 6.10 Å². The van der Waals surface area contributed by atoms with Crippen molar-refractivity contribution in [1.29, 1.82) is 0 Å². The van der Waals surface area contributed by atoms with Gasteiger partial charge in [-0.05, 0) is 76.5 Å². The molecule has 3 unspecified atom stereocenters. The highest BCUT2D eigenvalue weighted by Gasteiger charge is 2.55. The van der Waals surface area contributed by atoms with Gasteiger partial charge in [-0.2, -0.15) is 0 Å². The lowest BCUT2D eigenvalue weighted by molar-refractivity contribution is -0.136. The molecule has 0 radical (unpaired) electrons. The molecule has 1 aliphatic heterocycles. The Kier molecular flexibility index (Phi) is 4.78. The molecule has 29 heavy (non-hydrogen) atoms. The van der Waals surface area contributed by atoms with Crippen LogP contribution in [0, 0.1) is 17.8 Å². The van der Waals surface area contributed by atoms with Crippen LogP contribution in [0.25, 0.3) is 0 Å². The molecule has 5 fully saturated rings. The number of nitrogens with zero attached hydrogens (tertiary/aromatic N) is 2. The van der Waals surface area contributed by atoms with Gasteiger partial charge < -0.3 is 20.5 Å². The summed E-state index contributed by atoms with van der Waals surface area (Å²) in [6.07, 6.45) is 8.18. The molecule has 4 bridgehead atoms. The first-order valence-corrected chi connectivity index (χ1v) is 11.2. The Bertz CT molecular complexity index is 776. The van der Waals surface area contributed by atoms with Crippen molar-refractivity contribution in [1.82, 2.24) is 15.3 Å². The summed E-state index contributed by atoms with van der Waals surface area (Å²) in [6.45, 7) is 4.78. The third kappa shape index (κ3) is 3.63. The van der Waals surface area contributed by atoms with E-state index in [0.717, 1.165) is 44.9 Å². The highest BCUT2D eigenvalue weighted by Crippen LogP contribution is 2.55. The molecule has 3 atom stereocenters. The maximum absolute atomic E-state index is 13.3. The fraction of sp³-hybridized carbons (Fsp3) is 0.773. The van der Waals surface area contributed by atoms with Gasteiger partial charge in [-0.15, -0.1) is 0 Å². The van der Waals surface area contributed by atoms with Crippen molar-refractivity contribution in [2.45, 2.75) is 82.6 Å². The van der Waals surface area contributed by atoms with Gasteiger partial charge in [-0.25, -0.2) is 9.97 Å². The summed E-state index contributed by atoms with van der Waals surface area (Å²) in [7, 11) is 0. The molecule has 0 spiro atoms. The summed E-state index contributed by atoms with van der Waals surface area (Å²) in [5, 5.41) is 17.3. The van der Waals surface area contributed by atoms with Crippen molar-refractivity contribution in [2.24, 2.45) is 17.8 Å². The Morgan fingerprint density at radius 2 is 2.03 bits per heavy atom. The summed E-state index contributed by atoms with van der Waals surface area (Å²) in [6, 6.07) is 0.357. The Hall–Kier alpha value is -1.73. The zero-order chi connectivity index (χ0) is 20.2. The van der Waals surface area contributed by atoms with Gasteiger partial charge in [-0.3, -0.25) is 4.79 Å². The quantitative estimate of drug-likeness (QED) is 0.703. The molecule has 4 aliphatic carbocycles. The number of rotatable bonds is 5. The van der Waals surface area contributed by atoms with Gasteiger partial charge in [0.25, 0.3) is 5.91 Å². The zero-order valence-corrected chi connectivity index (χ0v) is 17.4. The molecule has 7 nitrogen and oxygen atoms in total. The van der Waals surface area contributed by atoms with E-state index in [1.807, 2.05) is 13.8 Å². The van der Waals surface area contributed by atoms with Crippen LogP contribution in [-0.4, -0.2) is 45.3 Å². The number of anilines is 1. The monoisotopic (exact) mass is 400 g/mol. The Labute approximate surface area is 172 Å². The maximum atomic E-state index is 13.3. The van der Waals surface area contributed by atoms with Crippen LogP contribution in [0.4, 0.5) is 5.95 Å². The van der Waals surface area contributed by atoms with Crippen LogP contribution in [0.1, 0.15) is 80.9 Å². The lowest BCUT2D eigenvalue weighted by Crippen LogP contribution is -2.61. The van der Waals surface area contributed by atoms with Crippen LogP contribution in [-0.2, 0) is 4.74 Å². The van der Waals surface area contributed by atoms with E-state index in [9.17, 15) is 9.90 Å². The smallest absolute Gasteiger partial charge is 0.255 e. The first-order chi connectivity index (χ1) is 13.9. The maximum Gasteiger partial charge on any atom is 0.255 e. The van der Waals surface area contributed by atoms with Crippen molar-refractivity contribution in [3.63, 3.8) is 0 Å². The molecule has 1 aromatic heterocycles. The van der Waals surface area contributed by atoms with E-state index in [0.29, 0.717) is 41.6 Å². The van der Waals surface area contributed by atoms with Crippen LogP contribution in [0.3, 0.4) is 0 Å². The number of aliphatic hydroxyl groups is 1. The highest BCUT2D eigenvalue weighted by molar-refractivity contribution is 5.95.